The first-order valence-electron chi connectivity index (χ1n) is 5.59. The van der Waals surface area contributed by atoms with E-state index in [1.54, 1.807) is 0 Å². The van der Waals surface area contributed by atoms with Gasteiger partial charge in [-0.25, -0.2) is 0 Å². The zero-order valence-corrected chi connectivity index (χ0v) is 9.07. The molecule has 0 spiro atoms. The van der Waals surface area contributed by atoms with Gasteiger partial charge >= 0.3 is 0 Å². The minimum Gasteiger partial charge on any atom is -0.298 e. The Bertz CT molecular complexity index is 369. The Morgan fingerprint density at radius 2 is 2.00 bits per heavy atom. The first kappa shape index (κ1) is 10.2. The lowest BCUT2D eigenvalue weighted by molar-refractivity contribution is -0.104. The van der Waals surface area contributed by atoms with Crippen molar-refractivity contribution in [1.82, 2.24) is 0 Å². The maximum Gasteiger partial charge on any atom is 0.146 e. The van der Waals surface area contributed by atoms with Gasteiger partial charge < -0.3 is 0 Å². The summed E-state index contributed by atoms with van der Waals surface area (Å²) in [6, 6.07) is 8.57. The van der Waals surface area contributed by atoms with Crippen molar-refractivity contribution in [2.75, 3.05) is 0 Å². The van der Waals surface area contributed by atoms with E-state index in [0.29, 0.717) is 0 Å². The van der Waals surface area contributed by atoms with E-state index >= 15 is 0 Å². The van der Waals surface area contributed by atoms with Crippen molar-refractivity contribution in [3.63, 3.8) is 0 Å². The molecule has 0 amide bonds. The van der Waals surface area contributed by atoms with E-state index in [-0.39, 0.29) is 0 Å². The van der Waals surface area contributed by atoms with Gasteiger partial charge in [0.05, 0.1) is 0 Å². The minimum atomic E-state index is 0.799. The van der Waals surface area contributed by atoms with Crippen LogP contribution in [0.1, 0.15) is 43.2 Å². The molecule has 0 atom stereocenters. The summed E-state index contributed by atoms with van der Waals surface area (Å²) >= 11 is 0. The molecule has 0 aliphatic heterocycles. The molecule has 0 heterocycles. The highest BCUT2D eigenvalue weighted by Crippen LogP contribution is 2.39. The fourth-order valence-electron chi connectivity index (χ4n) is 1.71. The minimum absolute atomic E-state index is 0.799. The predicted octanol–water partition coefficient (Wildman–Crippen LogP) is 3.56. The number of rotatable bonds is 4. The molecule has 1 fully saturated rings. The normalized spacial score (nSPS) is 16.5. The third-order valence-electron chi connectivity index (χ3n) is 2.90. The third-order valence-corrected chi connectivity index (χ3v) is 2.90. The Balaban J connectivity index is 2.15. The second-order valence-corrected chi connectivity index (χ2v) is 4.13. The quantitative estimate of drug-likeness (QED) is 0.536. The molecule has 0 radical (unpaired) electrons. The van der Waals surface area contributed by atoms with Gasteiger partial charge in [0.2, 0.25) is 0 Å². The number of hydrogen-bond acceptors (Lipinski definition) is 1. The van der Waals surface area contributed by atoms with Crippen LogP contribution in [0.3, 0.4) is 0 Å². The first-order chi connectivity index (χ1) is 7.33. The van der Waals surface area contributed by atoms with Crippen molar-refractivity contribution in [1.29, 1.82) is 0 Å². The number of hydrogen-bond donors (Lipinski definition) is 0. The average Bonchev–Trinajstić information content (AvgIpc) is 3.10. The Kier molecular flexibility index (Phi) is 3.00. The van der Waals surface area contributed by atoms with Crippen LogP contribution >= 0.6 is 0 Å². The molecule has 0 bridgehead atoms. The van der Waals surface area contributed by atoms with Crippen LogP contribution in [0, 0.1) is 0 Å². The maximum atomic E-state index is 10.7. The third kappa shape index (κ3) is 2.56. The van der Waals surface area contributed by atoms with Crippen molar-refractivity contribution in [3.8, 4) is 0 Å². The second kappa shape index (κ2) is 4.43. The average molecular weight is 200 g/mol. The van der Waals surface area contributed by atoms with Crippen LogP contribution in [-0.2, 0) is 4.79 Å². The lowest BCUT2D eigenvalue weighted by Gasteiger charge is -1.99. The molecule has 78 valence electrons. The zero-order chi connectivity index (χ0) is 10.7. The van der Waals surface area contributed by atoms with Crippen molar-refractivity contribution in [3.05, 3.63) is 41.0 Å². The predicted molar refractivity (Wildman–Crippen MR) is 62.7 cm³/mol. The standard InChI is InChI=1S/C14H16O/c1-2-11(10-15)9-12-3-5-13(6-4-12)14-7-8-14/h3-6,9-10,14H,2,7-8H2,1H3. The molecule has 15 heavy (non-hydrogen) atoms. The van der Waals surface area contributed by atoms with E-state index in [0.717, 1.165) is 29.8 Å². The molecule has 0 aromatic heterocycles. The van der Waals surface area contributed by atoms with Gasteiger partial charge in [0.15, 0.2) is 0 Å². The highest BCUT2D eigenvalue weighted by Gasteiger charge is 2.22. The summed E-state index contributed by atoms with van der Waals surface area (Å²) < 4.78 is 0. The van der Waals surface area contributed by atoms with Crippen LogP contribution in [0.15, 0.2) is 29.8 Å². The first-order valence-corrected chi connectivity index (χ1v) is 5.59. The molecule has 1 aliphatic rings. The molecule has 1 aliphatic carbocycles. The lowest BCUT2D eigenvalue weighted by atomic mass is 10.1. The summed E-state index contributed by atoms with van der Waals surface area (Å²) in [6.45, 7) is 2.00. The lowest BCUT2D eigenvalue weighted by Crippen LogP contribution is -1.83. The number of allylic oxidation sites excluding steroid dienone is 1. The molecule has 0 saturated heterocycles. The van der Waals surface area contributed by atoms with Crippen LogP contribution in [-0.4, -0.2) is 6.29 Å². The van der Waals surface area contributed by atoms with Gasteiger partial charge in [-0.2, -0.15) is 0 Å². The van der Waals surface area contributed by atoms with Crippen LogP contribution in [0.2, 0.25) is 0 Å². The van der Waals surface area contributed by atoms with Crippen LogP contribution in [0.25, 0.3) is 6.08 Å². The SMILES string of the molecule is CCC(C=O)=Cc1ccc(C2CC2)cc1. The molecule has 2 rings (SSSR count). The topological polar surface area (TPSA) is 17.1 Å². The number of aldehydes is 1. The van der Waals surface area contributed by atoms with Crippen molar-refractivity contribution >= 4 is 12.4 Å². The summed E-state index contributed by atoms with van der Waals surface area (Å²) in [5, 5.41) is 0. The Morgan fingerprint density at radius 1 is 1.33 bits per heavy atom. The van der Waals surface area contributed by atoms with Gasteiger partial charge in [0.1, 0.15) is 6.29 Å². The Hall–Kier alpha value is -1.37. The van der Waals surface area contributed by atoms with Gasteiger partial charge in [-0.15, -0.1) is 0 Å². The largest absolute Gasteiger partial charge is 0.298 e. The number of carbonyl (C=O) groups is 1. The van der Waals surface area contributed by atoms with E-state index in [9.17, 15) is 4.79 Å². The fourth-order valence-corrected chi connectivity index (χ4v) is 1.71. The van der Waals surface area contributed by atoms with E-state index in [1.807, 2.05) is 13.0 Å². The van der Waals surface area contributed by atoms with E-state index < -0.39 is 0 Å². The summed E-state index contributed by atoms with van der Waals surface area (Å²) in [6.07, 6.45) is 6.37. The molecule has 1 aromatic rings. The van der Waals surface area contributed by atoms with E-state index in [4.69, 9.17) is 0 Å². The van der Waals surface area contributed by atoms with E-state index in [2.05, 4.69) is 24.3 Å². The summed E-state index contributed by atoms with van der Waals surface area (Å²) in [4.78, 5) is 10.7. The second-order valence-electron chi connectivity index (χ2n) is 4.13. The Labute approximate surface area is 90.8 Å². The fraction of sp³-hybridized carbons (Fsp3) is 0.357. The summed E-state index contributed by atoms with van der Waals surface area (Å²) in [5.41, 5.74) is 3.42. The number of carbonyl (C=O) groups excluding carboxylic acids is 1. The van der Waals surface area contributed by atoms with Gasteiger partial charge in [-0.3, -0.25) is 4.79 Å². The molecular formula is C14H16O. The molecule has 0 unspecified atom stereocenters. The van der Waals surface area contributed by atoms with Crippen molar-refractivity contribution in [2.45, 2.75) is 32.1 Å². The molecule has 1 aromatic carbocycles. The molecule has 1 nitrogen and oxygen atoms in total. The van der Waals surface area contributed by atoms with Crippen molar-refractivity contribution < 1.29 is 4.79 Å². The van der Waals surface area contributed by atoms with E-state index in [1.165, 1.54) is 18.4 Å². The Morgan fingerprint density at radius 3 is 2.47 bits per heavy atom. The molecule has 1 saturated carbocycles. The molecule has 0 N–H and O–H groups in total. The summed E-state index contributed by atoms with van der Waals surface area (Å²) in [7, 11) is 0. The summed E-state index contributed by atoms with van der Waals surface area (Å²) in [5.74, 6) is 0.805. The molecule has 1 heteroatoms. The van der Waals surface area contributed by atoms with Crippen LogP contribution < -0.4 is 0 Å². The van der Waals surface area contributed by atoms with Crippen LogP contribution in [0.5, 0.6) is 0 Å². The van der Waals surface area contributed by atoms with Gasteiger partial charge in [0.25, 0.3) is 0 Å². The molecular weight excluding hydrogens is 184 g/mol. The smallest absolute Gasteiger partial charge is 0.146 e. The zero-order valence-electron chi connectivity index (χ0n) is 9.07. The van der Waals surface area contributed by atoms with Crippen LogP contribution in [0.4, 0.5) is 0 Å². The highest BCUT2D eigenvalue weighted by molar-refractivity contribution is 5.81. The monoisotopic (exact) mass is 200 g/mol. The number of benzene rings is 1. The van der Waals surface area contributed by atoms with Gasteiger partial charge in [0, 0.05) is 0 Å². The van der Waals surface area contributed by atoms with Gasteiger partial charge in [-0.1, -0.05) is 31.2 Å². The van der Waals surface area contributed by atoms with Gasteiger partial charge in [-0.05, 0) is 48.0 Å². The van der Waals surface area contributed by atoms with Crippen molar-refractivity contribution in [2.24, 2.45) is 0 Å². The highest BCUT2D eigenvalue weighted by atomic mass is 16.1. The maximum absolute atomic E-state index is 10.7.